The molecule has 0 bridgehead atoms. The summed E-state index contributed by atoms with van der Waals surface area (Å²) in [6.45, 7) is 0.635. The predicted octanol–water partition coefficient (Wildman–Crippen LogP) is 3.44. The number of rotatable bonds is 2. The van der Waals surface area contributed by atoms with Crippen LogP contribution in [0.5, 0.6) is 0 Å². The fourth-order valence-corrected chi connectivity index (χ4v) is 2.78. The monoisotopic (exact) mass is 340 g/mol. The Morgan fingerprint density at radius 2 is 1.88 bits per heavy atom. The van der Waals surface area contributed by atoms with Crippen molar-refractivity contribution in [2.24, 2.45) is 15.0 Å². The van der Waals surface area contributed by atoms with E-state index in [-0.39, 0.29) is 5.91 Å². The lowest BCUT2D eigenvalue weighted by atomic mass is 10.1. The number of amidine groups is 1. The molecule has 2 aromatic carbocycles. The van der Waals surface area contributed by atoms with E-state index in [1.54, 1.807) is 12.3 Å². The number of amides is 1. The molecule has 1 amide bonds. The molecule has 0 saturated heterocycles. The first kappa shape index (κ1) is 15.9. The van der Waals surface area contributed by atoms with Gasteiger partial charge in [-0.1, -0.05) is 54.6 Å². The summed E-state index contributed by atoms with van der Waals surface area (Å²) >= 11 is 0. The Kier molecular flexibility index (Phi) is 4.35. The third-order valence-electron chi connectivity index (χ3n) is 4.04. The summed E-state index contributed by atoms with van der Waals surface area (Å²) < 4.78 is 0. The molecule has 0 aromatic heterocycles. The van der Waals surface area contributed by atoms with Crippen LogP contribution in [0.2, 0.25) is 0 Å². The summed E-state index contributed by atoms with van der Waals surface area (Å²) in [6.07, 6.45) is 8.66. The summed E-state index contributed by atoms with van der Waals surface area (Å²) in [5.74, 6) is 0.558. The highest BCUT2D eigenvalue weighted by molar-refractivity contribution is 6.14. The molecule has 2 aliphatic rings. The molecule has 5 heteroatoms. The first-order valence-corrected chi connectivity index (χ1v) is 8.30. The summed E-state index contributed by atoms with van der Waals surface area (Å²) in [7, 11) is 0. The van der Waals surface area contributed by atoms with Crippen molar-refractivity contribution in [3.05, 3.63) is 89.6 Å². The fourth-order valence-electron chi connectivity index (χ4n) is 2.78. The molecule has 5 nitrogen and oxygen atoms in total. The highest BCUT2D eigenvalue weighted by Gasteiger charge is 2.21. The Bertz CT molecular complexity index is 984. The van der Waals surface area contributed by atoms with Gasteiger partial charge in [-0.25, -0.2) is 4.99 Å². The molecule has 0 radical (unpaired) electrons. The molecule has 0 fully saturated rings. The number of carbonyl (C=O) groups is 1. The lowest BCUT2D eigenvalue weighted by Crippen LogP contribution is -2.24. The summed E-state index contributed by atoms with van der Waals surface area (Å²) in [5, 5.41) is 0. The minimum absolute atomic E-state index is 0.355. The largest absolute Gasteiger partial charge is 0.313 e. The van der Waals surface area contributed by atoms with Gasteiger partial charge in [-0.15, -0.1) is 0 Å². The highest BCUT2D eigenvalue weighted by Crippen LogP contribution is 2.20. The molecular formula is C21H16N4O. The fraction of sp³-hybridized carbons (Fsp3) is 0.0476. The van der Waals surface area contributed by atoms with Gasteiger partial charge in [0.05, 0.1) is 6.54 Å². The van der Waals surface area contributed by atoms with Gasteiger partial charge in [-0.3, -0.25) is 4.79 Å². The van der Waals surface area contributed by atoms with E-state index in [4.69, 9.17) is 0 Å². The normalized spacial score (nSPS) is 17.0. The van der Waals surface area contributed by atoms with E-state index in [2.05, 4.69) is 15.0 Å². The van der Waals surface area contributed by atoms with Gasteiger partial charge in [0, 0.05) is 24.1 Å². The van der Waals surface area contributed by atoms with Gasteiger partial charge in [-0.2, -0.15) is 9.98 Å². The van der Waals surface area contributed by atoms with Crippen LogP contribution < -0.4 is 0 Å². The molecule has 26 heavy (non-hydrogen) atoms. The van der Waals surface area contributed by atoms with Crippen molar-refractivity contribution >= 4 is 30.0 Å². The molecular weight excluding hydrogens is 324 g/mol. The molecule has 0 N–H and O–H groups in total. The number of allylic oxidation sites excluding steroid dienone is 1. The zero-order valence-corrected chi connectivity index (χ0v) is 14.0. The van der Waals surface area contributed by atoms with E-state index < -0.39 is 0 Å². The van der Waals surface area contributed by atoms with Gasteiger partial charge in [0.15, 0.2) is 5.84 Å². The van der Waals surface area contributed by atoms with Crippen molar-refractivity contribution in [2.75, 3.05) is 0 Å². The Balaban J connectivity index is 1.70. The second-order valence-electron chi connectivity index (χ2n) is 5.83. The van der Waals surface area contributed by atoms with Crippen molar-refractivity contribution in [1.82, 2.24) is 4.90 Å². The zero-order chi connectivity index (χ0) is 17.8. The van der Waals surface area contributed by atoms with E-state index in [0.717, 1.165) is 16.7 Å². The average molecular weight is 340 g/mol. The first-order chi connectivity index (χ1) is 12.8. The average Bonchev–Trinajstić information content (AvgIpc) is 2.84. The Morgan fingerprint density at radius 1 is 1.08 bits per heavy atom. The van der Waals surface area contributed by atoms with Gasteiger partial charge >= 0.3 is 0 Å². The SMILES string of the molecule is O=C(C=Cc1ccccc1)N=C1N=C2N=CC=CN2Cc2ccccc21. The van der Waals surface area contributed by atoms with Gasteiger partial charge in [-0.05, 0) is 23.3 Å². The van der Waals surface area contributed by atoms with E-state index >= 15 is 0 Å². The number of guanidine groups is 1. The van der Waals surface area contributed by atoms with Crippen LogP contribution in [-0.4, -0.2) is 28.8 Å². The lowest BCUT2D eigenvalue weighted by molar-refractivity contribution is -0.113. The third kappa shape index (κ3) is 3.42. The molecule has 0 atom stereocenters. The van der Waals surface area contributed by atoms with Gasteiger partial charge in [0.1, 0.15) is 0 Å². The van der Waals surface area contributed by atoms with Crippen molar-refractivity contribution in [3.8, 4) is 0 Å². The maximum Gasteiger partial charge on any atom is 0.271 e. The highest BCUT2D eigenvalue weighted by atomic mass is 16.1. The quantitative estimate of drug-likeness (QED) is 0.786. The van der Waals surface area contributed by atoms with E-state index in [1.807, 2.05) is 71.8 Å². The second kappa shape index (κ2) is 7.11. The molecule has 2 aromatic rings. The van der Waals surface area contributed by atoms with Crippen LogP contribution in [-0.2, 0) is 11.3 Å². The van der Waals surface area contributed by atoms with Crippen LogP contribution in [0, 0.1) is 0 Å². The van der Waals surface area contributed by atoms with Crippen LogP contribution in [0.25, 0.3) is 6.08 Å². The maximum absolute atomic E-state index is 12.4. The maximum atomic E-state index is 12.4. The van der Waals surface area contributed by atoms with E-state index in [9.17, 15) is 4.79 Å². The van der Waals surface area contributed by atoms with Crippen LogP contribution in [0.1, 0.15) is 16.7 Å². The molecule has 2 aliphatic heterocycles. The molecule has 4 rings (SSSR count). The summed E-state index contributed by atoms with van der Waals surface area (Å²) in [6, 6.07) is 17.5. The van der Waals surface area contributed by atoms with Crippen molar-refractivity contribution in [1.29, 1.82) is 0 Å². The minimum atomic E-state index is -0.355. The Hall–Kier alpha value is -3.60. The Labute approximate surface area is 151 Å². The topological polar surface area (TPSA) is 57.4 Å². The number of hydrogen-bond acceptors (Lipinski definition) is 3. The van der Waals surface area contributed by atoms with E-state index in [1.165, 1.54) is 6.08 Å². The standard InChI is InChI=1S/C21H16N4O/c26-19(12-11-16-7-2-1-3-8-16)23-20-18-10-5-4-9-17(18)15-25-14-6-13-22-21(25)24-20/h1-14H,15H2. The van der Waals surface area contributed by atoms with Gasteiger partial charge < -0.3 is 4.90 Å². The molecule has 126 valence electrons. The lowest BCUT2D eigenvalue weighted by Gasteiger charge is -2.19. The molecule has 0 aliphatic carbocycles. The summed E-state index contributed by atoms with van der Waals surface area (Å²) in [5.41, 5.74) is 2.84. The molecule has 0 spiro atoms. The van der Waals surface area contributed by atoms with Gasteiger partial charge in [0.2, 0.25) is 5.96 Å². The zero-order valence-electron chi connectivity index (χ0n) is 14.0. The Morgan fingerprint density at radius 3 is 2.77 bits per heavy atom. The number of carbonyl (C=O) groups excluding carboxylic acids is 1. The van der Waals surface area contributed by atoms with Crippen molar-refractivity contribution in [3.63, 3.8) is 0 Å². The summed E-state index contributed by atoms with van der Waals surface area (Å²) in [4.78, 5) is 27.3. The predicted molar refractivity (Wildman–Crippen MR) is 104 cm³/mol. The number of aliphatic imine (C=N–C) groups is 3. The molecule has 0 saturated carbocycles. The second-order valence-corrected chi connectivity index (χ2v) is 5.83. The molecule has 0 unspecified atom stereocenters. The number of fused-ring (bicyclic) bond motifs is 2. The van der Waals surface area contributed by atoms with E-state index in [0.29, 0.717) is 18.3 Å². The van der Waals surface area contributed by atoms with Crippen LogP contribution >= 0.6 is 0 Å². The number of benzene rings is 2. The van der Waals surface area contributed by atoms with Crippen LogP contribution in [0.3, 0.4) is 0 Å². The van der Waals surface area contributed by atoms with Crippen LogP contribution in [0.4, 0.5) is 0 Å². The number of nitrogens with zero attached hydrogens (tertiary/aromatic N) is 4. The van der Waals surface area contributed by atoms with Gasteiger partial charge in [0.25, 0.3) is 5.91 Å². The molecule has 2 heterocycles. The van der Waals surface area contributed by atoms with Crippen LogP contribution in [0.15, 0.2) is 87.9 Å². The number of hydrogen-bond donors (Lipinski definition) is 0. The van der Waals surface area contributed by atoms with Crippen molar-refractivity contribution in [2.45, 2.75) is 6.54 Å². The third-order valence-corrected chi connectivity index (χ3v) is 4.04. The van der Waals surface area contributed by atoms with Crippen molar-refractivity contribution < 1.29 is 4.79 Å². The first-order valence-electron chi connectivity index (χ1n) is 8.30. The minimum Gasteiger partial charge on any atom is -0.313 e. The smallest absolute Gasteiger partial charge is 0.271 e.